The van der Waals surface area contributed by atoms with Crippen molar-refractivity contribution in [2.75, 3.05) is 5.32 Å². The van der Waals surface area contributed by atoms with Gasteiger partial charge in [0.15, 0.2) is 0 Å². The minimum atomic E-state index is 0.223. The van der Waals surface area contributed by atoms with E-state index in [9.17, 15) is 0 Å². The molecule has 25 heavy (non-hydrogen) atoms. The Morgan fingerprint density at radius 2 is 1.52 bits per heavy atom. The maximum atomic E-state index is 3.82. The molecule has 1 aliphatic heterocycles. The van der Waals surface area contributed by atoms with E-state index in [1.54, 1.807) is 0 Å². The van der Waals surface area contributed by atoms with E-state index in [0.717, 1.165) is 0 Å². The molecule has 1 aromatic rings. The van der Waals surface area contributed by atoms with Crippen LogP contribution in [-0.4, -0.2) is 5.54 Å². The number of anilines is 1. The topological polar surface area (TPSA) is 12.0 Å². The SMILES string of the molecule is CCCCCCCCCCCCc1cccc2c1NC(C)(C)CC2C. The predicted molar refractivity (Wildman–Crippen MR) is 113 cm³/mol. The summed E-state index contributed by atoms with van der Waals surface area (Å²) in [6, 6.07) is 6.93. The van der Waals surface area contributed by atoms with Crippen molar-refractivity contribution >= 4 is 5.69 Å². The first-order valence-electron chi connectivity index (χ1n) is 10.9. The smallest absolute Gasteiger partial charge is 0.0412 e. The maximum absolute atomic E-state index is 3.82. The zero-order valence-corrected chi connectivity index (χ0v) is 17.3. The quantitative estimate of drug-likeness (QED) is 0.403. The summed E-state index contributed by atoms with van der Waals surface area (Å²) in [6.07, 6.45) is 16.6. The molecule has 0 amide bonds. The van der Waals surface area contributed by atoms with E-state index in [0.29, 0.717) is 5.92 Å². The molecular formula is C24H41N. The Bertz CT molecular complexity index is 503. The first-order chi connectivity index (χ1) is 12.0. The van der Waals surface area contributed by atoms with Gasteiger partial charge in [0.05, 0.1) is 0 Å². The van der Waals surface area contributed by atoms with Crippen LogP contribution in [0.3, 0.4) is 0 Å². The van der Waals surface area contributed by atoms with Crippen molar-refractivity contribution < 1.29 is 0 Å². The molecule has 0 fully saturated rings. The van der Waals surface area contributed by atoms with Gasteiger partial charge in [0.2, 0.25) is 0 Å². The lowest BCUT2D eigenvalue weighted by Gasteiger charge is -2.38. The van der Waals surface area contributed by atoms with E-state index >= 15 is 0 Å². The fourth-order valence-electron chi connectivity index (χ4n) is 4.46. The second kappa shape index (κ2) is 10.2. The molecule has 0 aromatic heterocycles. The van der Waals surface area contributed by atoms with E-state index in [2.05, 4.69) is 51.2 Å². The van der Waals surface area contributed by atoms with Crippen LogP contribution < -0.4 is 5.32 Å². The lowest BCUT2D eigenvalue weighted by atomic mass is 9.80. The highest BCUT2D eigenvalue weighted by Gasteiger charge is 2.30. The molecule has 1 aromatic carbocycles. The molecule has 1 nitrogen and oxygen atoms in total. The van der Waals surface area contributed by atoms with Crippen LogP contribution in [0.1, 0.15) is 115 Å². The molecule has 0 saturated carbocycles. The number of rotatable bonds is 11. The molecule has 1 unspecified atom stereocenters. The summed E-state index contributed by atoms with van der Waals surface area (Å²) in [4.78, 5) is 0. The predicted octanol–water partition coefficient (Wildman–Crippen LogP) is 7.85. The van der Waals surface area contributed by atoms with Crippen molar-refractivity contribution in [2.24, 2.45) is 0 Å². The van der Waals surface area contributed by atoms with Crippen LogP contribution in [0.2, 0.25) is 0 Å². The Balaban J connectivity index is 1.69. The van der Waals surface area contributed by atoms with Crippen LogP contribution in [0.5, 0.6) is 0 Å². The minimum absolute atomic E-state index is 0.223. The monoisotopic (exact) mass is 343 g/mol. The normalized spacial score (nSPS) is 18.6. The van der Waals surface area contributed by atoms with E-state index < -0.39 is 0 Å². The minimum Gasteiger partial charge on any atom is -0.380 e. The van der Waals surface area contributed by atoms with Crippen molar-refractivity contribution in [1.82, 2.24) is 0 Å². The number of nitrogens with one attached hydrogen (secondary N) is 1. The summed E-state index contributed by atoms with van der Waals surface area (Å²) in [6.45, 7) is 9.35. The highest BCUT2D eigenvalue weighted by atomic mass is 15.0. The van der Waals surface area contributed by atoms with Gasteiger partial charge in [0, 0.05) is 11.2 Å². The second-order valence-electron chi connectivity index (χ2n) is 8.93. The van der Waals surface area contributed by atoms with Crippen LogP contribution in [0.25, 0.3) is 0 Å². The van der Waals surface area contributed by atoms with Crippen LogP contribution in [-0.2, 0) is 6.42 Å². The molecule has 1 atom stereocenters. The standard InChI is InChI=1S/C24H41N/c1-5-6-7-8-9-10-11-12-13-14-16-21-17-15-18-22-20(2)19-24(3,4)25-23(21)22/h15,17-18,20,25H,5-14,16,19H2,1-4H3. The van der Waals surface area contributed by atoms with E-state index in [4.69, 9.17) is 0 Å². The molecule has 0 bridgehead atoms. The van der Waals surface area contributed by atoms with E-state index in [-0.39, 0.29) is 5.54 Å². The highest BCUT2D eigenvalue weighted by molar-refractivity contribution is 5.62. The average molecular weight is 344 g/mol. The Labute approximate surface area is 157 Å². The molecule has 0 saturated heterocycles. The summed E-state index contributed by atoms with van der Waals surface area (Å²) in [5.41, 5.74) is 4.74. The molecule has 2 rings (SSSR count). The van der Waals surface area contributed by atoms with E-state index in [1.165, 1.54) is 93.9 Å². The number of hydrogen-bond donors (Lipinski definition) is 1. The first-order valence-corrected chi connectivity index (χ1v) is 10.9. The largest absolute Gasteiger partial charge is 0.380 e. The molecule has 1 N–H and O–H groups in total. The number of para-hydroxylation sites is 1. The molecule has 1 aliphatic rings. The van der Waals surface area contributed by atoms with Crippen molar-refractivity contribution in [1.29, 1.82) is 0 Å². The fourth-order valence-corrected chi connectivity index (χ4v) is 4.46. The summed E-state index contributed by atoms with van der Waals surface area (Å²) in [7, 11) is 0. The number of fused-ring (bicyclic) bond motifs is 1. The number of hydrogen-bond acceptors (Lipinski definition) is 1. The lowest BCUT2D eigenvalue weighted by Crippen LogP contribution is -2.37. The summed E-state index contributed by atoms with van der Waals surface area (Å²) in [5, 5.41) is 3.82. The van der Waals surface area contributed by atoms with Gasteiger partial charge in [-0.15, -0.1) is 0 Å². The zero-order chi connectivity index (χ0) is 18.1. The molecule has 0 radical (unpaired) electrons. The summed E-state index contributed by atoms with van der Waals surface area (Å²) < 4.78 is 0. The van der Waals surface area contributed by atoms with Crippen molar-refractivity contribution in [3.05, 3.63) is 29.3 Å². The Morgan fingerprint density at radius 1 is 0.920 bits per heavy atom. The van der Waals surface area contributed by atoms with Crippen LogP contribution in [0, 0.1) is 0 Å². The fraction of sp³-hybridized carbons (Fsp3) is 0.750. The van der Waals surface area contributed by atoms with Gasteiger partial charge in [-0.3, -0.25) is 0 Å². The van der Waals surface area contributed by atoms with Gasteiger partial charge in [0.1, 0.15) is 0 Å². The van der Waals surface area contributed by atoms with Gasteiger partial charge in [0.25, 0.3) is 0 Å². The lowest BCUT2D eigenvalue weighted by molar-refractivity contribution is 0.453. The molecule has 0 spiro atoms. The third-order valence-electron chi connectivity index (χ3n) is 5.79. The summed E-state index contributed by atoms with van der Waals surface area (Å²) in [5.74, 6) is 0.666. The van der Waals surface area contributed by atoms with Crippen molar-refractivity contribution in [3.63, 3.8) is 0 Å². The second-order valence-corrected chi connectivity index (χ2v) is 8.93. The van der Waals surface area contributed by atoms with Crippen LogP contribution in [0.15, 0.2) is 18.2 Å². The van der Waals surface area contributed by atoms with Gasteiger partial charge >= 0.3 is 0 Å². The Kier molecular flexibility index (Phi) is 8.33. The number of unbranched alkanes of at least 4 members (excludes halogenated alkanes) is 9. The molecular weight excluding hydrogens is 302 g/mol. The third-order valence-corrected chi connectivity index (χ3v) is 5.79. The van der Waals surface area contributed by atoms with Gasteiger partial charge in [-0.05, 0) is 50.2 Å². The van der Waals surface area contributed by atoms with Crippen LogP contribution >= 0.6 is 0 Å². The van der Waals surface area contributed by atoms with Crippen molar-refractivity contribution in [2.45, 2.75) is 116 Å². The van der Waals surface area contributed by atoms with Gasteiger partial charge in [-0.2, -0.15) is 0 Å². The van der Waals surface area contributed by atoms with Gasteiger partial charge in [-0.1, -0.05) is 89.8 Å². The molecule has 1 heterocycles. The number of aryl methyl sites for hydroxylation is 1. The molecule has 0 aliphatic carbocycles. The summed E-state index contributed by atoms with van der Waals surface area (Å²) >= 11 is 0. The molecule has 142 valence electrons. The number of benzene rings is 1. The molecule has 1 heteroatoms. The Hall–Kier alpha value is -0.980. The zero-order valence-electron chi connectivity index (χ0n) is 17.3. The van der Waals surface area contributed by atoms with Crippen molar-refractivity contribution in [3.8, 4) is 0 Å². The third kappa shape index (κ3) is 6.68. The van der Waals surface area contributed by atoms with Crippen LogP contribution in [0.4, 0.5) is 5.69 Å². The van der Waals surface area contributed by atoms with Gasteiger partial charge < -0.3 is 5.32 Å². The highest BCUT2D eigenvalue weighted by Crippen LogP contribution is 2.40. The Morgan fingerprint density at radius 3 is 2.16 bits per heavy atom. The average Bonchev–Trinajstić information content (AvgIpc) is 2.56. The first kappa shape index (κ1) is 20.3. The van der Waals surface area contributed by atoms with Gasteiger partial charge in [-0.25, -0.2) is 0 Å². The maximum Gasteiger partial charge on any atom is 0.0412 e. The van der Waals surface area contributed by atoms with E-state index in [1.807, 2.05) is 0 Å².